The van der Waals surface area contributed by atoms with E-state index in [0.29, 0.717) is 5.70 Å². The maximum absolute atomic E-state index is 12.9. The molecule has 2 atom stereocenters. The molecule has 0 aliphatic heterocycles. The molecule has 22 heavy (non-hydrogen) atoms. The normalized spacial score (nSPS) is 17.6. The van der Waals surface area contributed by atoms with Gasteiger partial charge < -0.3 is 21.5 Å². The predicted molar refractivity (Wildman–Crippen MR) is 90.3 cm³/mol. The first kappa shape index (κ1) is 19.0. The summed E-state index contributed by atoms with van der Waals surface area (Å²) in [5, 5.41) is 16.2. The van der Waals surface area contributed by atoms with Gasteiger partial charge in [0.15, 0.2) is 0 Å². The molecule has 0 aromatic carbocycles. The molecule has 128 valence electrons. The van der Waals surface area contributed by atoms with Crippen LogP contribution in [0.5, 0.6) is 0 Å². The van der Waals surface area contributed by atoms with Crippen molar-refractivity contribution >= 4 is 5.91 Å². The van der Waals surface area contributed by atoms with Crippen LogP contribution in [0.2, 0.25) is 0 Å². The number of carbonyl (C=O) groups is 1. The molecular formula is C17H33N3O2. The molecule has 1 amide bonds. The first-order valence-electron chi connectivity index (χ1n) is 8.57. The van der Waals surface area contributed by atoms with Gasteiger partial charge >= 0.3 is 0 Å². The minimum Gasteiger partial charge on any atom is -0.400 e. The summed E-state index contributed by atoms with van der Waals surface area (Å²) in [7, 11) is 1.83. The lowest BCUT2D eigenvalue weighted by molar-refractivity contribution is -0.129. The molecule has 0 saturated heterocycles. The summed E-state index contributed by atoms with van der Waals surface area (Å²) in [5.74, 6) is -0.0625. The third-order valence-corrected chi connectivity index (χ3v) is 4.74. The van der Waals surface area contributed by atoms with E-state index in [-0.39, 0.29) is 5.91 Å². The van der Waals surface area contributed by atoms with Crippen molar-refractivity contribution in [2.75, 3.05) is 7.05 Å². The van der Waals surface area contributed by atoms with Gasteiger partial charge in [-0.1, -0.05) is 26.7 Å². The highest BCUT2D eigenvalue weighted by molar-refractivity contribution is 5.87. The number of aliphatic hydroxyl groups excluding tert-OH is 1. The topological polar surface area (TPSA) is 87.4 Å². The Morgan fingerprint density at radius 1 is 1.32 bits per heavy atom. The minimum atomic E-state index is -0.699. The van der Waals surface area contributed by atoms with Crippen molar-refractivity contribution in [3.63, 3.8) is 0 Å². The monoisotopic (exact) mass is 311 g/mol. The zero-order valence-corrected chi connectivity index (χ0v) is 14.5. The van der Waals surface area contributed by atoms with Crippen molar-refractivity contribution in [2.24, 2.45) is 5.73 Å². The third-order valence-electron chi connectivity index (χ3n) is 4.74. The summed E-state index contributed by atoms with van der Waals surface area (Å²) < 4.78 is 0. The first-order chi connectivity index (χ1) is 10.4. The van der Waals surface area contributed by atoms with Crippen LogP contribution in [0.15, 0.2) is 11.3 Å². The molecular weight excluding hydrogens is 278 g/mol. The van der Waals surface area contributed by atoms with E-state index in [9.17, 15) is 9.90 Å². The molecule has 0 aromatic heterocycles. The molecule has 0 bridgehead atoms. The summed E-state index contributed by atoms with van der Waals surface area (Å²) in [6.07, 6.45) is 5.78. The molecule has 5 N–H and O–H groups in total. The average molecular weight is 311 g/mol. The number of nitrogens with two attached hydrogens (primary N) is 1. The van der Waals surface area contributed by atoms with Crippen molar-refractivity contribution in [2.45, 2.75) is 83.4 Å². The molecule has 1 aliphatic rings. The van der Waals surface area contributed by atoms with Crippen molar-refractivity contribution in [3.8, 4) is 0 Å². The minimum absolute atomic E-state index is 0.0625. The Hall–Kier alpha value is -1.07. The Bertz CT molecular complexity index is 393. The van der Waals surface area contributed by atoms with E-state index in [1.54, 1.807) is 6.92 Å². The number of nitrogens with one attached hydrogen (secondary N) is 2. The zero-order valence-electron chi connectivity index (χ0n) is 14.5. The average Bonchev–Trinajstić information content (AvgIpc) is 2.41. The van der Waals surface area contributed by atoms with Crippen LogP contribution < -0.4 is 16.4 Å². The Kier molecular flexibility index (Phi) is 7.36. The second-order valence-electron chi connectivity index (χ2n) is 6.44. The highest BCUT2D eigenvalue weighted by Gasteiger charge is 2.37. The summed E-state index contributed by atoms with van der Waals surface area (Å²) in [4.78, 5) is 12.9. The van der Waals surface area contributed by atoms with Gasteiger partial charge in [-0.25, -0.2) is 0 Å². The highest BCUT2D eigenvalue weighted by atomic mass is 16.3. The second-order valence-corrected chi connectivity index (χ2v) is 6.44. The zero-order chi connectivity index (χ0) is 16.8. The molecule has 1 fully saturated rings. The quantitative estimate of drug-likeness (QED) is 0.523. The van der Waals surface area contributed by atoms with E-state index in [1.807, 2.05) is 7.05 Å². The third kappa shape index (κ3) is 4.23. The molecule has 5 nitrogen and oxygen atoms in total. The van der Waals surface area contributed by atoms with Gasteiger partial charge in [-0.15, -0.1) is 0 Å². The van der Waals surface area contributed by atoms with E-state index >= 15 is 0 Å². The molecule has 0 radical (unpaired) electrons. The molecule has 1 aliphatic carbocycles. The van der Waals surface area contributed by atoms with Gasteiger partial charge in [0.1, 0.15) is 0 Å². The van der Waals surface area contributed by atoms with E-state index in [0.717, 1.165) is 44.9 Å². The van der Waals surface area contributed by atoms with Gasteiger partial charge in [0.25, 0.3) is 0 Å². The predicted octanol–water partition coefficient (Wildman–Crippen LogP) is 1.81. The Labute approximate surface area is 134 Å². The highest BCUT2D eigenvalue weighted by Crippen LogP contribution is 2.29. The number of hydrogen-bond acceptors (Lipinski definition) is 4. The van der Waals surface area contributed by atoms with Crippen LogP contribution in [0.1, 0.15) is 65.7 Å². The number of allylic oxidation sites excluding steroid dienone is 1. The van der Waals surface area contributed by atoms with Gasteiger partial charge in [-0.05, 0) is 51.6 Å². The van der Waals surface area contributed by atoms with E-state index in [2.05, 4.69) is 24.5 Å². The molecule has 0 spiro atoms. The number of rotatable bonds is 9. The van der Waals surface area contributed by atoms with Crippen molar-refractivity contribution in [1.82, 2.24) is 10.6 Å². The van der Waals surface area contributed by atoms with Crippen LogP contribution in [-0.4, -0.2) is 35.7 Å². The summed E-state index contributed by atoms with van der Waals surface area (Å²) in [6.45, 7) is 5.83. The molecule has 1 saturated carbocycles. The Morgan fingerprint density at radius 2 is 1.86 bits per heavy atom. The Balaban J connectivity index is 2.92. The molecule has 5 heteroatoms. The summed E-state index contributed by atoms with van der Waals surface area (Å²) in [6, 6.07) is -0.496. The van der Waals surface area contributed by atoms with Gasteiger partial charge in [-0.3, -0.25) is 4.79 Å². The van der Waals surface area contributed by atoms with Gasteiger partial charge in [0, 0.05) is 5.70 Å². The van der Waals surface area contributed by atoms with Crippen LogP contribution in [0, 0.1) is 0 Å². The number of hydrogen-bond donors (Lipinski definition) is 4. The van der Waals surface area contributed by atoms with E-state index in [1.165, 1.54) is 5.57 Å². The number of amides is 1. The van der Waals surface area contributed by atoms with Crippen LogP contribution >= 0.6 is 0 Å². The lowest BCUT2D eigenvalue weighted by atomic mass is 9.85. The van der Waals surface area contributed by atoms with Gasteiger partial charge in [0.05, 0.1) is 17.7 Å². The SMILES string of the molecule is CCCC(CCC)(NC)C(=O)NC(C(N)=C1CCC1)C(C)O. The fourth-order valence-corrected chi connectivity index (χ4v) is 3.17. The van der Waals surface area contributed by atoms with Crippen molar-refractivity contribution in [1.29, 1.82) is 0 Å². The first-order valence-corrected chi connectivity index (χ1v) is 8.57. The standard InChI is InChI=1S/C17H33N3O2/c1-5-10-17(19-4,11-6-2)16(22)20-15(12(3)21)14(18)13-8-7-9-13/h12,15,19,21H,5-11,18H2,1-4H3,(H,20,22). The van der Waals surface area contributed by atoms with Gasteiger partial charge in [0.2, 0.25) is 5.91 Å². The molecule has 1 rings (SSSR count). The second kappa shape index (κ2) is 8.53. The van der Waals surface area contributed by atoms with Crippen molar-refractivity contribution in [3.05, 3.63) is 11.3 Å². The van der Waals surface area contributed by atoms with Crippen molar-refractivity contribution < 1.29 is 9.90 Å². The number of carbonyl (C=O) groups excluding carboxylic acids is 1. The van der Waals surface area contributed by atoms with Gasteiger partial charge in [-0.2, -0.15) is 0 Å². The number of likely N-dealkylation sites (N-methyl/N-ethyl adjacent to an activating group) is 1. The maximum atomic E-state index is 12.9. The summed E-state index contributed by atoms with van der Waals surface area (Å²) in [5.41, 5.74) is 7.43. The van der Waals surface area contributed by atoms with Crippen LogP contribution in [0.4, 0.5) is 0 Å². The summed E-state index contributed by atoms with van der Waals surface area (Å²) >= 11 is 0. The van der Waals surface area contributed by atoms with Crippen LogP contribution in [0.25, 0.3) is 0 Å². The maximum Gasteiger partial charge on any atom is 0.240 e. The molecule has 2 unspecified atom stereocenters. The van der Waals surface area contributed by atoms with Crippen LogP contribution in [0.3, 0.4) is 0 Å². The fourth-order valence-electron chi connectivity index (χ4n) is 3.17. The van der Waals surface area contributed by atoms with E-state index in [4.69, 9.17) is 5.73 Å². The van der Waals surface area contributed by atoms with Crippen LogP contribution in [-0.2, 0) is 4.79 Å². The lowest BCUT2D eigenvalue weighted by Gasteiger charge is -2.35. The Morgan fingerprint density at radius 3 is 2.18 bits per heavy atom. The fraction of sp³-hybridized carbons (Fsp3) is 0.824. The molecule has 0 heterocycles. The smallest absolute Gasteiger partial charge is 0.240 e. The lowest BCUT2D eigenvalue weighted by Crippen LogP contribution is -2.60. The largest absolute Gasteiger partial charge is 0.400 e. The molecule has 0 aromatic rings. The van der Waals surface area contributed by atoms with E-state index < -0.39 is 17.7 Å². The number of aliphatic hydroxyl groups is 1.